The molecule has 168 valence electrons. The fourth-order valence-electron chi connectivity index (χ4n) is 4.48. The average molecular weight is 433 g/mol. The van der Waals surface area contributed by atoms with E-state index in [1.807, 2.05) is 11.1 Å². The topological polar surface area (TPSA) is 121 Å². The molecule has 3 aliphatic heterocycles. The predicted octanol–water partition coefficient (Wildman–Crippen LogP) is 0.878. The highest BCUT2D eigenvalue weighted by atomic mass is 19.1. The van der Waals surface area contributed by atoms with Crippen molar-refractivity contribution >= 4 is 6.02 Å². The number of rotatable bonds is 7. The number of nitro groups is 1. The molecule has 31 heavy (non-hydrogen) atoms. The first kappa shape index (κ1) is 21.6. The van der Waals surface area contributed by atoms with Gasteiger partial charge in [-0.15, -0.1) is 0 Å². The van der Waals surface area contributed by atoms with Crippen molar-refractivity contribution in [3.05, 3.63) is 56.7 Å². The Balaban J connectivity index is 1.41. The fraction of sp³-hybridized carbons (Fsp3) is 0.550. The molecular formula is C20H28FN7O3. The monoisotopic (exact) mass is 433 g/mol. The Morgan fingerprint density at radius 2 is 2.23 bits per heavy atom. The van der Waals surface area contributed by atoms with Gasteiger partial charge in [0.15, 0.2) is 6.17 Å². The SMILES string of the molecule is CCOC1=NC(NCc2ccc(CN3CC4CC3CN4N)cc2F)C([N+](=O)[O-])=C(C)N1. The summed E-state index contributed by atoms with van der Waals surface area (Å²) in [5.74, 6) is 5.60. The summed E-state index contributed by atoms with van der Waals surface area (Å²) in [5, 5.41) is 19.1. The normalized spacial score (nSPS) is 26.2. The predicted molar refractivity (Wildman–Crippen MR) is 112 cm³/mol. The van der Waals surface area contributed by atoms with Crippen molar-refractivity contribution in [1.82, 2.24) is 20.5 Å². The zero-order valence-electron chi connectivity index (χ0n) is 17.7. The minimum Gasteiger partial charge on any atom is -0.465 e. The van der Waals surface area contributed by atoms with Crippen LogP contribution < -0.4 is 16.5 Å². The average Bonchev–Trinajstić information content (AvgIpc) is 3.26. The molecule has 2 saturated heterocycles. The van der Waals surface area contributed by atoms with E-state index in [1.165, 1.54) is 6.07 Å². The number of piperazine rings is 1. The molecule has 11 heteroatoms. The van der Waals surface area contributed by atoms with Crippen LogP contribution in [0.1, 0.15) is 31.4 Å². The number of nitrogens with zero attached hydrogens (tertiary/aromatic N) is 4. The lowest BCUT2D eigenvalue weighted by Gasteiger charge is -2.31. The number of fused-ring (bicyclic) bond motifs is 2. The Morgan fingerprint density at radius 1 is 1.42 bits per heavy atom. The van der Waals surface area contributed by atoms with Gasteiger partial charge in [0.1, 0.15) is 5.82 Å². The molecule has 4 rings (SSSR count). The van der Waals surface area contributed by atoms with E-state index in [0.717, 1.165) is 25.1 Å². The lowest BCUT2D eigenvalue weighted by atomic mass is 10.1. The van der Waals surface area contributed by atoms with Crippen LogP contribution in [0.3, 0.4) is 0 Å². The Hall–Kier alpha value is -2.60. The standard InChI is InChI=1S/C20H28FN7O3/c1-3-31-20-24-12(2)18(28(29)30)19(25-20)23-8-14-5-4-13(6-17(14)21)9-26-10-16-7-15(26)11-27(16)22/h4-6,15-16,19,23H,3,7-11,22H2,1-2H3,(H,24,25). The lowest BCUT2D eigenvalue weighted by molar-refractivity contribution is -0.432. The number of likely N-dealkylation sites (tertiary alicyclic amines) is 1. The third-order valence-electron chi connectivity index (χ3n) is 6.05. The second kappa shape index (κ2) is 8.87. The highest BCUT2D eigenvalue weighted by Gasteiger charge is 2.41. The second-order valence-electron chi connectivity index (χ2n) is 8.14. The van der Waals surface area contributed by atoms with Gasteiger partial charge in [-0.05, 0) is 31.9 Å². The van der Waals surface area contributed by atoms with Gasteiger partial charge in [-0.1, -0.05) is 12.1 Å². The molecule has 1 aromatic carbocycles. The minimum absolute atomic E-state index is 0.0981. The van der Waals surface area contributed by atoms with E-state index in [-0.39, 0.29) is 24.1 Å². The van der Waals surface area contributed by atoms with Crippen LogP contribution >= 0.6 is 0 Å². The molecule has 3 heterocycles. The molecule has 4 N–H and O–H groups in total. The number of hydrogen-bond acceptors (Lipinski definition) is 9. The van der Waals surface area contributed by atoms with Gasteiger partial charge in [-0.25, -0.2) is 14.4 Å². The molecule has 0 spiro atoms. The van der Waals surface area contributed by atoms with Crippen molar-refractivity contribution in [3.8, 4) is 0 Å². The van der Waals surface area contributed by atoms with Crippen molar-refractivity contribution in [1.29, 1.82) is 0 Å². The number of benzene rings is 1. The van der Waals surface area contributed by atoms with Gasteiger partial charge in [0.25, 0.3) is 6.02 Å². The molecular weight excluding hydrogens is 405 g/mol. The van der Waals surface area contributed by atoms with Crippen LogP contribution in [-0.2, 0) is 17.8 Å². The van der Waals surface area contributed by atoms with E-state index in [9.17, 15) is 14.5 Å². The van der Waals surface area contributed by atoms with Crippen LogP contribution in [0.15, 0.2) is 34.6 Å². The third-order valence-corrected chi connectivity index (χ3v) is 6.05. The van der Waals surface area contributed by atoms with E-state index in [4.69, 9.17) is 10.6 Å². The molecule has 0 aromatic heterocycles. The first-order chi connectivity index (χ1) is 14.9. The smallest absolute Gasteiger partial charge is 0.304 e. The fourth-order valence-corrected chi connectivity index (χ4v) is 4.48. The minimum atomic E-state index is -0.934. The van der Waals surface area contributed by atoms with E-state index in [1.54, 1.807) is 19.9 Å². The summed E-state index contributed by atoms with van der Waals surface area (Å²) in [6, 6.07) is 6.17. The number of hydrazine groups is 1. The molecule has 0 aliphatic carbocycles. The Bertz CT molecular complexity index is 920. The molecule has 10 nitrogen and oxygen atoms in total. The van der Waals surface area contributed by atoms with Gasteiger partial charge < -0.3 is 10.1 Å². The first-order valence-electron chi connectivity index (χ1n) is 10.4. The van der Waals surface area contributed by atoms with Gasteiger partial charge in [0.2, 0.25) is 0 Å². The van der Waals surface area contributed by atoms with Gasteiger partial charge in [-0.3, -0.25) is 26.2 Å². The van der Waals surface area contributed by atoms with E-state index < -0.39 is 11.1 Å². The molecule has 2 fully saturated rings. The summed E-state index contributed by atoms with van der Waals surface area (Å²) >= 11 is 0. The van der Waals surface area contributed by atoms with Crippen LogP contribution in [0.25, 0.3) is 0 Å². The van der Waals surface area contributed by atoms with Crippen LogP contribution in [-0.4, -0.2) is 58.8 Å². The molecule has 1 aromatic rings. The number of aliphatic imine (C=N–C) groups is 1. The quantitative estimate of drug-likeness (QED) is 0.329. The molecule has 2 bridgehead atoms. The van der Waals surface area contributed by atoms with E-state index >= 15 is 0 Å². The summed E-state index contributed by atoms with van der Waals surface area (Å²) in [4.78, 5) is 17.5. The van der Waals surface area contributed by atoms with Crippen molar-refractivity contribution in [2.45, 2.75) is 51.6 Å². The van der Waals surface area contributed by atoms with E-state index in [0.29, 0.717) is 36.5 Å². The first-order valence-corrected chi connectivity index (χ1v) is 10.4. The van der Waals surface area contributed by atoms with Gasteiger partial charge in [-0.2, -0.15) is 0 Å². The maximum Gasteiger partial charge on any atom is 0.304 e. The third kappa shape index (κ3) is 4.54. The Labute approximate surface area is 180 Å². The molecule has 3 atom stereocenters. The van der Waals surface area contributed by atoms with Crippen LogP contribution in [0.2, 0.25) is 0 Å². The molecule has 0 radical (unpaired) electrons. The van der Waals surface area contributed by atoms with Crippen molar-refractivity contribution < 1.29 is 14.1 Å². The zero-order valence-corrected chi connectivity index (χ0v) is 17.7. The second-order valence-corrected chi connectivity index (χ2v) is 8.14. The largest absolute Gasteiger partial charge is 0.465 e. The van der Waals surface area contributed by atoms with Crippen molar-refractivity contribution in [2.75, 3.05) is 19.7 Å². The summed E-state index contributed by atoms with van der Waals surface area (Å²) in [6.45, 7) is 6.29. The van der Waals surface area contributed by atoms with Gasteiger partial charge in [0, 0.05) is 43.8 Å². The van der Waals surface area contributed by atoms with E-state index in [2.05, 4.69) is 20.5 Å². The van der Waals surface area contributed by atoms with Crippen molar-refractivity contribution in [3.63, 3.8) is 0 Å². The number of nitrogens with two attached hydrogens (primary N) is 1. The number of allylic oxidation sites excluding steroid dienone is 1. The van der Waals surface area contributed by atoms with Crippen LogP contribution in [0.5, 0.6) is 0 Å². The maximum atomic E-state index is 14.8. The summed E-state index contributed by atoms with van der Waals surface area (Å²) in [7, 11) is 0. The van der Waals surface area contributed by atoms with Crippen LogP contribution in [0.4, 0.5) is 4.39 Å². The number of nitrogens with one attached hydrogen (secondary N) is 2. The zero-order chi connectivity index (χ0) is 22.1. The highest BCUT2D eigenvalue weighted by Crippen LogP contribution is 2.29. The van der Waals surface area contributed by atoms with Crippen molar-refractivity contribution in [2.24, 2.45) is 10.8 Å². The Morgan fingerprint density at radius 3 is 2.84 bits per heavy atom. The highest BCUT2D eigenvalue weighted by molar-refractivity contribution is 5.77. The molecule has 3 aliphatic rings. The van der Waals surface area contributed by atoms with Gasteiger partial charge in [0.05, 0.1) is 17.2 Å². The van der Waals surface area contributed by atoms with Gasteiger partial charge >= 0.3 is 5.70 Å². The number of amidine groups is 1. The van der Waals surface area contributed by atoms with Crippen LogP contribution in [0, 0.1) is 15.9 Å². The molecule has 0 saturated carbocycles. The lowest BCUT2D eigenvalue weighted by Crippen LogP contribution is -2.48. The summed E-state index contributed by atoms with van der Waals surface area (Å²) in [6.07, 6.45) is 0.129. The Kier molecular flexibility index (Phi) is 6.19. The summed E-state index contributed by atoms with van der Waals surface area (Å²) in [5.41, 5.74) is 1.55. The number of halogens is 1. The number of ether oxygens (including phenoxy) is 1. The number of hydrogen-bond donors (Lipinski definition) is 3. The maximum absolute atomic E-state index is 14.8. The molecule has 3 unspecified atom stereocenters. The summed E-state index contributed by atoms with van der Waals surface area (Å²) < 4.78 is 20.1. The molecule has 0 amide bonds.